The Morgan fingerprint density at radius 3 is 2.59 bits per heavy atom. The van der Waals surface area contributed by atoms with E-state index in [1.54, 1.807) is 0 Å². The third-order valence-electron chi connectivity index (χ3n) is 4.43. The van der Waals surface area contributed by atoms with Gasteiger partial charge in [-0.3, -0.25) is 4.90 Å². The number of nitrogens with one attached hydrogen (secondary N) is 1. The van der Waals surface area contributed by atoms with Crippen LogP contribution >= 0.6 is 0 Å². The predicted molar refractivity (Wildman–Crippen MR) is 71.3 cm³/mol. The highest BCUT2D eigenvalue weighted by atomic mass is 16.5. The zero-order chi connectivity index (χ0) is 12.1. The van der Waals surface area contributed by atoms with E-state index in [0.717, 1.165) is 13.2 Å². The molecule has 3 nitrogen and oxygen atoms in total. The van der Waals surface area contributed by atoms with E-state index >= 15 is 0 Å². The second-order valence-corrected chi connectivity index (χ2v) is 5.68. The molecule has 0 aromatic heterocycles. The van der Waals surface area contributed by atoms with Crippen LogP contribution < -0.4 is 5.32 Å². The van der Waals surface area contributed by atoms with Crippen LogP contribution in [0.25, 0.3) is 0 Å². The van der Waals surface area contributed by atoms with E-state index in [1.165, 1.54) is 44.9 Å². The van der Waals surface area contributed by atoms with Crippen molar-refractivity contribution in [2.75, 3.05) is 27.2 Å². The Morgan fingerprint density at radius 2 is 1.88 bits per heavy atom. The zero-order valence-electron chi connectivity index (χ0n) is 11.5. The van der Waals surface area contributed by atoms with Crippen molar-refractivity contribution < 1.29 is 4.74 Å². The minimum absolute atomic E-state index is 0.480. The van der Waals surface area contributed by atoms with Crippen LogP contribution in [-0.2, 0) is 4.74 Å². The van der Waals surface area contributed by atoms with Crippen LogP contribution in [0, 0.1) is 0 Å². The third-order valence-corrected chi connectivity index (χ3v) is 4.43. The topological polar surface area (TPSA) is 24.5 Å². The maximum absolute atomic E-state index is 5.85. The molecule has 0 radical (unpaired) electrons. The van der Waals surface area contributed by atoms with Crippen molar-refractivity contribution in [1.29, 1.82) is 0 Å². The molecule has 100 valence electrons. The van der Waals surface area contributed by atoms with E-state index in [4.69, 9.17) is 4.74 Å². The van der Waals surface area contributed by atoms with Crippen molar-refractivity contribution in [1.82, 2.24) is 10.2 Å². The van der Waals surface area contributed by atoms with Crippen LogP contribution in [0.3, 0.4) is 0 Å². The van der Waals surface area contributed by atoms with Gasteiger partial charge in [-0.15, -0.1) is 0 Å². The molecule has 1 aliphatic carbocycles. The van der Waals surface area contributed by atoms with E-state index < -0.39 is 0 Å². The van der Waals surface area contributed by atoms with E-state index in [1.807, 2.05) is 0 Å². The molecule has 2 rings (SSSR count). The van der Waals surface area contributed by atoms with Crippen molar-refractivity contribution in [2.24, 2.45) is 0 Å². The Labute approximate surface area is 106 Å². The first-order valence-corrected chi connectivity index (χ1v) is 7.30. The monoisotopic (exact) mass is 240 g/mol. The fraction of sp³-hybridized carbons (Fsp3) is 1.00. The maximum atomic E-state index is 5.85. The number of hydrogen-bond donors (Lipinski definition) is 1. The summed E-state index contributed by atoms with van der Waals surface area (Å²) < 4.78 is 5.85. The smallest absolute Gasteiger partial charge is 0.0702 e. The molecule has 3 unspecified atom stereocenters. The predicted octanol–water partition coefficient (Wildman–Crippen LogP) is 2.02. The molecule has 2 fully saturated rings. The van der Waals surface area contributed by atoms with Crippen molar-refractivity contribution in [3.8, 4) is 0 Å². The molecule has 1 saturated carbocycles. The summed E-state index contributed by atoms with van der Waals surface area (Å²) in [5.74, 6) is 0. The number of ether oxygens (including phenoxy) is 1. The summed E-state index contributed by atoms with van der Waals surface area (Å²) in [7, 11) is 4.38. The van der Waals surface area contributed by atoms with E-state index in [9.17, 15) is 0 Å². The van der Waals surface area contributed by atoms with Gasteiger partial charge in [0.2, 0.25) is 0 Å². The molecule has 1 N–H and O–H groups in total. The minimum atomic E-state index is 0.480. The molecule has 2 aliphatic rings. The van der Waals surface area contributed by atoms with E-state index in [-0.39, 0.29) is 0 Å². The van der Waals surface area contributed by atoms with Crippen LogP contribution in [0.4, 0.5) is 0 Å². The van der Waals surface area contributed by atoms with E-state index in [0.29, 0.717) is 18.2 Å². The normalized spacial score (nSPS) is 35.1. The standard InChI is InChI=1S/C14H28N2O/c1-15-13-8-3-4-9-14(13)16(2)11-12-7-5-6-10-17-12/h12-15H,3-11H2,1-2H3. The van der Waals surface area contributed by atoms with Gasteiger partial charge in [-0.05, 0) is 46.2 Å². The summed E-state index contributed by atoms with van der Waals surface area (Å²) in [6, 6.07) is 1.39. The number of nitrogens with zero attached hydrogens (tertiary/aromatic N) is 1. The first-order valence-electron chi connectivity index (χ1n) is 7.30. The Bertz CT molecular complexity index is 216. The molecule has 0 aromatic carbocycles. The summed E-state index contributed by atoms with van der Waals surface area (Å²) in [4.78, 5) is 2.54. The Balaban J connectivity index is 1.82. The first kappa shape index (κ1) is 13.3. The highest BCUT2D eigenvalue weighted by Gasteiger charge is 2.28. The largest absolute Gasteiger partial charge is 0.377 e. The maximum Gasteiger partial charge on any atom is 0.0702 e. The van der Waals surface area contributed by atoms with Crippen LogP contribution in [0.15, 0.2) is 0 Å². The number of hydrogen-bond acceptors (Lipinski definition) is 3. The molecule has 1 aliphatic heterocycles. The second kappa shape index (κ2) is 6.72. The molecular formula is C14H28N2O. The Kier molecular flexibility index (Phi) is 5.26. The van der Waals surface area contributed by atoms with Gasteiger partial charge in [0.25, 0.3) is 0 Å². The van der Waals surface area contributed by atoms with E-state index in [2.05, 4.69) is 24.3 Å². The minimum Gasteiger partial charge on any atom is -0.377 e. The summed E-state index contributed by atoms with van der Waals surface area (Å²) in [6.45, 7) is 2.08. The van der Waals surface area contributed by atoms with Crippen LogP contribution in [0.2, 0.25) is 0 Å². The van der Waals surface area contributed by atoms with Crippen LogP contribution in [0.5, 0.6) is 0 Å². The average molecular weight is 240 g/mol. The van der Waals surface area contributed by atoms with Gasteiger partial charge in [0.15, 0.2) is 0 Å². The zero-order valence-corrected chi connectivity index (χ0v) is 11.5. The van der Waals surface area contributed by atoms with Gasteiger partial charge < -0.3 is 10.1 Å². The lowest BCUT2D eigenvalue weighted by molar-refractivity contribution is -0.0137. The van der Waals surface area contributed by atoms with Crippen molar-refractivity contribution >= 4 is 0 Å². The van der Waals surface area contributed by atoms with Gasteiger partial charge in [0.05, 0.1) is 6.10 Å². The lowest BCUT2D eigenvalue weighted by Gasteiger charge is -2.39. The van der Waals surface area contributed by atoms with Gasteiger partial charge in [0, 0.05) is 25.2 Å². The molecule has 17 heavy (non-hydrogen) atoms. The van der Waals surface area contributed by atoms with Gasteiger partial charge in [0.1, 0.15) is 0 Å². The molecule has 0 spiro atoms. The summed E-state index contributed by atoms with van der Waals surface area (Å²) >= 11 is 0. The van der Waals surface area contributed by atoms with Crippen molar-refractivity contribution in [3.63, 3.8) is 0 Å². The first-order chi connectivity index (χ1) is 8.31. The van der Waals surface area contributed by atoms with Crippen molar-refractivity contribution in [2.45, 2.75) is 63.1 Å². The molecule has 3 atom stereocenters. The van der Waals surface area contributed by atoms with Gasteiger partial charge in [-0.2, -0.15) is 0 Å². The fourth-order valence-electron chi connectivity index (χ4n) is 3.38. The molecule has 3 heteroatoms. The molecule has 1 heterocycles. The Morgan fingerprint density at radius 1 is 1.12 bits per heavy atom. The van der Waals surface area contributed by atoms with Gasteiger partial charge in [-0.25, -0.2) is 0 Å². The molecule has 0 aromatic rings. The second-order valence-electron chi connectivity index (χ2n) is 5.68. The van der Waals surface area contributed by atoms with Gasteiger partial charge >= 0.3 is 0 Å². The summed E-state index contributed by atoms with van der Waals surface area (Å²) in [5.41, 5.74) is 0. The van der Waals surface area contributed by atoms with Crippen LogP contribution in [-0.4, -0.2) is 50.3 Å². The lowest BCUT2D eigenvalue weighted by Crippen LogP contribution is -2.51. The Hall–Kier alpha value is -0.120. The summed E-state index contributed by atoms with van der Waals surface area (Å²) in [6.07, 6.45) is 9.77. The highest BCUT2D eigenvalue weighted by Crippen LogP contribution is 2.23. The molecule has 1 saturated heterocycles. The molecule has 0 amide bonds. The lowest BCUT2D eigenvalue weighted by atomic mass is 9.89. The number of likely N-dealkylation sites (N-methyl/N-ethyl adjacent to an activating group) is 2. The number of rotatable bonds is 4. The van der Waals surface area contributed by atoms with Gasteiger partial charge in [-0.1, -0.05) is 12.8 Å². The quantitative estimate of drug-likeness (QED) is 0.813. The molecule has 0 bridgehead atoms. The average Bonchev–Trinajstić information content (AvgIpc) is 2.40. The SMILES string of the molecule is CNC1CCCCC1N(C)CC1CCCCO1. The third kappa shape index (κ3) is 3.67. The van der Waals surface area contributed by atoms with Crippen molar-refractivity contribution in [3.05, 3.63) is 0 Å². The van der Waals surface area contributed by atoms with Crippen LogP contribution in [0.1, 0.15) is 44.9 Å². The summed E-state index contributed by atoms with van der Waals surface area (Å²) in [5, 5.41) is 3.49. The fourth-order valence-corrected chi connectivity index (χ4v) is 3.38. The molecular weight excluding hydrogens is 212 g/mol. The highest BCUT2D eigenvalue weighted by molar-refractivity contribution is 4.87.